The third-order valence-corrected chi connectivity index (χ3v) is 3.32. The Morgan fingerprint density at radius 1 is 1.09 bits per heavy atom. The van der Waals surface area contributed by atoms with Crippen LogP contribution in [0.25, 0.3) is 11.6 Å². The molecule has 0 saturated carbocycles. The first-order chi connectivity index (χ1) is 10.6. The molecule has 0 spiro atoms. The Hall–Kier alpha value is -2.82. The second kappa shape index (κ2) is 6.76. The third-order valence-electron chi connectivity index (χ3n) is 3.32. The summed E-state index contributed by atoms with van der Waals surface area (Å²) in [7, 11) is 3.15. The summed E-state index contributed by atoms with van der Waals surface area (Å²) in [5, 5.41) is 11.1. The van der Waals surface area contributed by atoms with Crippen molar-refractivity contribution in [3.63, 3.8) is 0 Å². The Labute approximate surface area is 129 Å². The normalized spacial score (nSPS) is 11.1. The van der Waals surface area contributed by atoms with Crippen molar-refractivity contribution in [3.05, 3.63) is 63.7 Å². The monoisotopic (exact) mass is 299 g/mol. The number of nitro groups is 1. The van der Waals surface area contributed by atoms with E-state index < -0.39 is 0 Å². The van der Waals surface area contributed by atoms with Crippen molar-refractivity contribution in [2.45, 2.75) is 6.92 Å². The average Bonchev–Trinajstić information content (AvgIpc) is 2.54. The van der Waals surface area contributed by atoms with Crippen molar-refractivity contribution in [2.75, 3.05) is 14.2 Å². The van der Waals surface area contributed by atoms with Gasteiger partial charge in [0.05, 0.1) is 24.7 Å². The maximum atomic E-state index is 11.1. The maximum Gasteiger partial charge on any atom is 0.276 e. The number of ether oxygens (including phenoxy) is 2. The average molecular weight is 299 g/mol. The molecule has 0 unspecified atom stereocenters. The van der Waals surface area contributed by atoms with E-state index in [4.69, 9.17) is 9.47 Å². The first kappa shape index (κ1) is 15.6. The van der Waals surface area contributed by atoms with Gasteiger partial charge < -0.3 is 9.47 Å². The molecule has 5 nitrogen and oxygen atoms in total. The summed E-state index contributed by atoms with van der Waals surface area (Å²) in [6.45, 7) is 1.85. The zero-order chi connectivity index (χ0) is 16.1. The molecule has 0 radical (unpaired) electrons. The first-order valence-corrected chi connectivity index (χ1v) is 6.71. The zero-order valence-corrected chi connectivity index (χ0v) is 12.7. The fraction of sp³-hybridized carbons (Fsp3) is 0.176. The van der Waals surface area contributed by atoms with Crippen LogP contribution in [0.3, 0.4) is 0 Å². The minimum absolute atomic E-state index is 0.0942. The van der Waals surface area contributed by atoms with Gasteiger partial charge in [0, 0.05) is 6.07 Å². The van der Waals surface area contributed by atoms with Crippen molar-refractivity contribution < 1.29 is 14.4 Å². The van der Waals surface area contributed by atoms with Crippen LogP contribution < -0.4 is 9.47 Å². The zero-order valence-electron chi connectivity index (χ0n) is 12.7. The van der Waals surface area contributed by atoms with Crippen LogP contribution in [0.1, 0.15) is 18.1 Å². The van der Waals surface area contributed by atoms with E-state index in [-0.39, 0.29) is 10.6 Å². The van der Waals surface area contributed by atoms with Crippen molar-refractivity contribution in [1.29, 1.82) is 0 Å². The molecule has 22 heavy (non-hydrogen) atoms. The fourth-order valence-electron chi connectivity index (χ4n) is 2.24. The molecule has 0 saturated heterocycles. The van der Waals surface area contributed by atoms with Gasteiger partial charge in [-0.1, -0.05) is 24.3 Å². The number of nitrogens with zero attached hydrogens (tertiary/aromatic N) is 1. The highest BCUT2D eigenvalue weighted by Crippen LogP contribution is 2.31. The van der Waals surface area contributed by atoms with Crippen LogP contribution in [0.4, 0.5) is 5.69 Å². The molecule has 0 aliphatic heterocycles. The molecule has 5 heteroatoms. The summed E-state index contributed by atoms with van der Waals surface area (Å²) >= 11 is 0. The number of nitro benzene ring substituents is 1. The molecule has 0 amide bonds. The molecule has 0 aromatic heterocycles. The Bertz CT molecular complexity index is 722. The molecule has 0 aliphatic rings. The van der Waals surface area contributed by atoms with Gasteiger partial charge in [-0.3, -0.25) is 10.1 Å². The lowest BCUT2D eigenvalue weighted by Gasteiger charge is -2.08. The van der Waals surface area contributed by atoms with E-state index in [1.54, 1.807) is 38.5 Å². The van der Waals surface area contributed by atoms with Crippen molar-refractivity contribution >= 4 is 17.3 Å². The lowest BCUT2D eigenvalue weighted by atomic mass is 10.0. The van der Waals surface area contributed by atoms with Crippen LogP contribution in [0, 0.1) is 10.1 Å². The smallest absolute Gasteiger partial charge is 0.276 e. The van der Waals surface area contributed by atoms with Crippen LogP contribution in [-0.4, -0.2) is 19.1 Å². The summed E-state index contributed by atoms with van der Waals surface area (Å²) in [6.07, 6.45) is 1.88. The maximum absolute atomic E-state index is 11.1. The summed E-state index contributed by atoms with van der Waals surface area (Å²) < 4.78 is 10.5. The van der Waals surface area contributed by atoms with Crippen LogP contribution in [0.2, 0.25) is 0 Å². The molecule has 0 aliphatic carbocycles. The number of methoxy groups -OCH3 is 2. The number of para-hydroxylation sites is 1. The van der Waals surface area contributed by atoms with E-state index in [0.29, 0.717) is 17.1 Å². The molecule has 0 bridgehead atoms. The molecule has 2 aromatic carbocycles. The predicted molar refractivity (Wildman–Crippen MR) is 86.2 cm³/mol. The number of hydrogen-bond donors (Lipinski definition) is 0. The number of benzene rings is 2. The van der Waals surface area contributed by atoms with E-state index in [9.17, 15) is 10.1 Å². The third kappa shape index (κ3) is 3.25. The number of rotatable bonds is 5. The topological polar surface area (TPSA) is 61.6 Å². The molecule has 2 aromatic rings. The summed E-state index contributed by atoms with van der Waals surface area (Å²) in [4.78, 5) is 10.7. The highest BCUT2D eigenvalue weighted by atomic mass is 16.6. The molecule has 0 atom stereocenters. The number of allylic oxidation sites excluding steroid dienone is 1. The predicted octanol–water partition coefficient (Wildman–Crippen LogP) is 4.17. The van der Waals surface area contributed by atoms with Gasteiger partial charge in [-0.25, -0.2) is 0 Å². The molecular formula is C17H17NO4. The molecule has 0 fully saturated rings. The molecule has 114 valence electrons. The molecule has 2 rings (SSSR count). The minimum Gasteiger partial charge on any atom is -0.493 e. The minimum atomic E-state index is -0.374. The molecule has 0 heterocycles. The summed E-state index contributed by atoms with van der Waals surface area (Å²) in [6, 6.07) is 12.2. The van der Waals surface area contributed by atoms with Gasteiger partial charge in [-0.2, -0.15) is 0 Å². The van der Waals surface area contributed by atoms with E-state index >= 15 is 0 Å². The Kier molecular flexibility index (Phi) is 4.78. The largest absolute Gasteiger partial charge is 0.493 e. The second-order valence-electron chi connectivity index (χ2n) is 4.72. The molecule has 0 N–H and O–H groups in total. The van der Waals surface area contributed by atoms with Gasteiger partial charge in [0.1, 0.15) is 0 Å². The van der Waals surface area contributed by atoms with Crippen LogP contribution >= 0.6 is 0 Å². The highest BCUT2D eigenvalue weighted by Gasteiger charge is 2.13. The van der Waals surface area contributed by atoms with Gasteiger partial charge in [0.25, 0.3) is 5.69 Å². The summed E-state index contributed by atoms with van der Waals surface area (Å²) in [5.41, 5.74) is 2.38. The lowest BCUT2D eigenvalue weighted by Crippen LogP contribution is -1.93. The second-order valence-corrected chi connectivity index (χ2v) is 4.72. The Morgan fingerprint density at radius 2 is 1.77 bits per heavy atom. The van der Waals surface area contributed by atoms with Crippen molar-refractivity contribution in [3.8, 4) is 11.5 Å². The van der Waals surface area contributed by atoms with Crippen molar-refractivity contribution in [1.82, 2.24) is 0 Å². The van der Waals surface area contributed by atoms with Gasteiger partial charge in [0.15, 0.2) is 11.5 Å². The number of hydrogen-bond acceptors (Lipinski definition) is 4. The summed E-state index contributed by atoms with van der Waals surface area (Å²) in [5.74, 6) is 1.26. The Balaban J connectivity index is 2.43. The van der Waals surface area contributed by atoms with E-state index in [1.807, 2.05) is 25.1 Å². The lowest BCUT2D eigenvalue weighted by molar-refractivity contribution is -0.385. The van der Waals surface area contributed by atoms with Crippen LogP contribution in [0.15, 0.2) is 42.5 Å². The fourth-order valence-corrected chi connectivity index (χ4v) is 2.24. The highest BCUT2D eigenvalue weighted by molar-refractivity contribution is 5.84. The van der Waals surface area contributed by atoms with Gasteiger partial charge in [-0.05, 0) is 36.3 Å². The van der Waals surface area contributed by atoms with Gasteiger partial charge in [-0.15, -0.1) is 0 Å². The Morgan fingerprint density at radius 3 is 2.41 bits per heavy atom. The van der Waals surface area contributed by atoms with Gasteiger partial charge in [0.2, 0.25) is 0 Å². The van der Waals surface area contributed by atoms with E-state index in [1.165, 1.54) is 6.07 Å². The quantitative estimate of drug-likeness (QED) is 0.472. The standard InChI is InChI=1S/C17H17NO4/c1-12(14-6-4-5-7-15(14)18(19)20)10-13-8-9-16(21-2)17(11-13)22-3/h4-11H,1-3H3/b12-10+. The van der Waals surface area contributed by atoms with Crippen LogP contribution in [0.5, 0.6) is 11.5 Å². The van der Waals surface area contributed by atoms with Gasteiger partial charge >= 0.3 is 0 Å². The molecular weight excluding hydrogens is 282 g/mol. The van der Waals surface area contributed by atoms with E-state index in [2.05, 4.69) is 0 Å². The first-order valence-electron chi connectivity index (χ1n) is 6.71. The SMILES string of the molecule is COc1ccc(/C=C(\C)c2ccccc2[N+](=O)[O-])cc1OC. The van der Waals surface area contributed by atoms with Crippen LogP contribution in [-0.2, 0) is 0 Å². The van der Waals surface area contributed by atoms with E-state index in [0.717, 1.165) is 11.1 Å². The van der Waals surface area contributed by atoms with Crippen molar-refractivity contribution in [2.24, 2.45) is 0 Å².